The number of ether oxygens (including phenoxy) is 1. The molecule has 4 rings (SSSR count). The van der Waals surface area contributed by atoms with E-state index in [0.717, 1.165) is 30.6 Å². The van der Waals surface area contributed by atoms with Gasteiger partial charge in [0.05, 0.1) is 36.3 Å². The van der Waals surface area contributed by atoms with Crippen molar-refractivity contribution in [2.75, 3.05) is 25.5 Å². The van der Waals surface area contributed by atoms with Gasteiger partial charge in [0.2, 0.25) is 0 Å². The number of halogens is 1. The maximum atomic E-state index is 12.9. The fraction of sp³-hybridized carbons (Fsp3) is 0.450. The molecule has 8 heteroatoms. The second kappa shape index (κ2) is 7.13. The van der Waals surface area contributed by atoms with Gasteiger partial charge in [-0.1, -0.05) is 24.1 Å². The maximum Gasteiger partial charge on any atom is 0.321 e. The van der Waals surface area contributed by atoms with Crippen LogP contribution in [0, 0.1) is 18.3 Å². The third-order valence-corrected chi connectivity index (χ3v) is 6.31. The Labute approximate surface area is 168 Å². The monoisotopic (exact) mass is 402 g/mol. The highest BCUT2D eigenvalue weighted by molar-refractivity contribution is 6.30. The predicted octanol–water partition coefficient (Wildman–Crippen LogP) is 3.64. The molecular formula is C20H23ClN4O3. The van der Waals surface area contributed by atoms with Crippen molar-refractivity contribution in [3.05, 3.63) is 41.2 Å². The van der Waals surface area contributed by atoms with E-state index in [4.69, 9.17) is 16.3 Å². The van der Waals surface area contributed by atoms with E-state index in [1.807, 2.05) is 25.1 Å². The van der Waals surface area contributed by atoms with E-state index in [1.54, 1.807) is 21.8 Å². The van der Waals surface area contributed by atoms with Crippen LogP contribution in [0.4, 0.5) is 10.5 Å². The molecule has 1 aliphatic heterocycles. The fourth-order valence-corrected chi connectivity index (χ4v) is 4.51. The average Bonchev–Trinajstić information content (AvgIpc) is 3.23. The number of likely N-dealkylation sites (tertiary alicyclic amines) is 1. The van der Waals surface area contributed by atoms with Crippen LogP contribution in [0.5, 0.6) is 0 Å². The Morgan fingerprint density at radius 2 is 2.14 bits per heavy atom. The Hall–Kier alpha value is -2.54. The summed E-state index contributed by atoms with van der Waals surface area (Å²) >= 11 is 6.07. The van der Waals surface area contributed by atoms with Crippen molar-refractivity contribution in [2.24, 2.45) is 11.3 Å². The number of nitrogens with one attached hydrogen (secondary N) is 1. The molecular weight excluding hydrogens is 380 g/mol. The van der Waals surface area contributed by atoms with Crippen molar-refractivity contribution in [3.63, 3.8) is 0 Å². The molecule has 1 unspecified atom stereocenters. The van der Waals surface area contributed by atoms with Crippen molar-refractivity contribution in [1.29, 1.82) is 0 Å². The molecule has 2 aromatic rings. The van der Waals surface area contributed by atoms with E-state index < -0.39 is 0 Å². The molecule has 1 aliphatic carbocycles. The number of aromatic nitrogens is 2. The second-order valence-electron chi connectivity index (χ2n) is 7.64. The molecule has 148 valence electrons. The van der Waals surface area contributed by atoms with Crippen LogP contribution in [0.2, 0.25) is 5.02 Å². The number of hydrogen-bond donors (Lipinski definition) is 1. The first-order valence-electron chi connectivity index (χ1n) is 9.38. The molecule has 0 bridgehead atoms. The molecule has 1 saturated heterocycles. The van der Waals surface area contributed by atoms with Crippen molar-refractivity contribution in [1.82, 2.24) is 14.7 Å². The third-order valence-electron chi connectivity index (χ3n) is 6.07. The number of nitrogens with zero attached hydrogens (tertiary/aromatic N) is 3. The SMILES string of the molecule is COC(=O)C1CN(C(=O)Nc2cnn(-c3cccc(Cl)c3)c2C)CC12CCC2. The Balaban J connectivity index is 1.50. The van der Waals surface area contributed by atoms with Gasteiger partial charge < -0.3 is 15.0 Å². The van der Waals surface area contributed by atoms with Crippen molar-refractivity contribution in [3.8, 4) is 5.69 Å². The van der Waals surface area contributed by atoms with Gasteiger partial charge in [-0.15, -0.1) is 0 Å². The van der Waals surface area contributed by atoms with Gasteiger partial charge in [0, 0.05) is 23.5 Å². The van der Waals surface area contributed by atoms with Crippen LogP contribution >= 0.6 is 11.6 Å². The zero-order chi connectivity index (χ0) is 19.9. The van der Waals surface area contributed by atoms with Crippen molar-refractivity contribution >= 4 is 29.3 Å². The van der Waals surface area contributed by atoms with Crippen LogP contribution in [0.1, 0.15) is 25.0 Å². The van der Waals surface area contributed by atoms with Gasteiger partial charge in [-0.2, -0.15) is 5.10 Å². The van der Waals surface area contributed by atoms with Gasteiger partial charge in [0.25, 0.3) is 0 Å². The molecule has 2 heterocycles. The van der Waals surface area contributed by atoms with Crippen LogP contribution in [0.25, 0.3) is 5.69 Å². The number of rotatable bonds is 3. The topological polar surface area (TPSA) is 76.5 Å². The number of carbonyl (C=O) groups is 2. The minimum absolute atomic E-state index is 0.121. The van der Waals surface area contributed by atoms with E-state index in [-0.39, 0.29) is 23.3 Å². The summed E-state index contributed by atoms with van der Waals surface area (Å²) in [6.45, 7) is 2.86. The summed E-state index contributed by atoms with van der Waals surface area (Å²) in [6.07, 6.45) is 4.64. The summed E-state index contributed by atoms with van der Waals surface area (Å²) in [4.78, 5) is 26.8. The van der Waals surface area contributed by atoms with E-state index in [1.165, 1.54) is 7.11 Å². The predicted molar refractivity (Wildman–Crippen MR) is 106 cm³/mol. The number of benzene rings is 1. The summed E-state index contributed by atoms with van der Waals surface area (Å²) in [6, 6.07) is 7.15. The highest BCUT2D eigenvalue weighted by Crippen LogP contribution is 2.52. The molecule has 1 N–H and O–H groups in total. The first kappa shape index (κ1) is 18.8. The lowest BCUT2D eigenvalue weighted by Gasteiger charge is -2.41. The minimum atomic E-state index is -0.243. The summed E-state index contributed by atoms with van der Waals surface area (Å²) in [5.41, 5.74) is 2.14. The Morgan fingerprint density at radius 1 is 1.36 bits per heavy atom. The number of amides is 2. The van der Waals surface area contributed by atoms with Crippen LogP contribution < -0.4 is 5.32 Å². The first-order valence-corrected chi connectivity index (χ1v) is 9.76. The number of carbonyl (C=O) groups excluding carboxylic acids is 2. The first-order chi connectivity index (χ1) is 13.4. The summed E-state index contributed by atoms with van der Waals surface area (Å²) in [7, 11) is 1.41. The number of methoxy groups -OCH3 is 1. The number of anilines is 1. The number of hydrogen-bond acceptors (Lipinski definition) is 4. The van der Waals surface area contributed by atoms with Crippen LogP contribution in [0.15, 0.2) is 30.5 Å². The molecule has 2 amide bonds. The summed E-state index contributed by atoms with van der Waals surface area (Å²) in [5.74, 6) is -0.466. The van der Waals surface area contributed by atoms with Crippen molar-refractivity contribution < 1.29 is 14.3 Å². The smallest absolute Gasteiger partial charge is 0.321 e. The van der Waals surface area contributed by atoms with E-state index >= 15 is 0 Å². The molecule has 1 saturated carbocycles. The highest BCUT2D eigenvalue weighted by atomic mass is 35.5. The van der Waals surface area contributed by atoms with Gasteiger partial charge in [-0.25, -0.2) is 9.48 Å². The largest absolute Gasteiger partial charge is 0.469 e. The zero-order valence-corrected chi connectivity index (χ0v) is 16.7. The number of urea groups is 1. The zero-order valence-electron chi connectivity index (χ0n) is 15.9. The van der Waals surface area contributed by atoms with Gasteiger partial charge in [0.15, 0.2) is 0 Å². The van der Waals surface area contributed by atoms with E-state index in [9.17, 15) is 9.59 Å². The van der Waals surface area contributed by atoms with Crippen molar-refractivity contribution in [2.45, 2.75) is 26.2 Å². The standard InChI is InChI=1S/C20H23ClN4O3/c1-13-17(10-22-25(13)15-6-3-5-14(21)9-15)23-19(27)24-11-16(18(26)28-2)20(12-24)7-4-8-20/h3,5-6,9-10,16H,4,7-8,11-12H2,1-2H3,(H,23,27). The normalized spacial score (nSPS) is 20.1. The molecule has 1 aromatic carbocycles. The number of esters is 1. The summed E-state index contributed by atoms with van der Waals surface area (Å²) in [5, 5.41) is 7.93. The fourth-order valence-electron chi connectivity index (χ4n) is 4.32. The Bertz CT molecular complexity index is 922. The second-order valence-corrected chi connectivity index (χ2v) is 8.07. The lowest BCUT2D eigenvalue weighted by molar-refractivity contribution is -0.150. The average molecular weight is 403 g/mol. The summed E-state index contributed by atoms with van der Waals surface area (Å²) < 4.78 is 6.70. The lowest BCUT2D eigenvalue weighted by Crippen LogP contribution is -2.41. The van der Waals surface area contributed by atoms with Crippen LogP contribution in [0.3, 0.4) is 0 Å². The Morgan fingerprint density at radius 3 is 2.79 bits per heavy atom. The molecule has 1 spiro atoms. The minimum Gasteiger partial charge on any atom is -0.469 e. The van der Waals surface area contributed by atoms with Crippen LogP contribution in [-0.2, 0) is 9.53 Å². The molecule has 28 heavy (non-hydrogen) atoms. The van der Waals surface area contributed by atoms with Gasteiger partial charge in [-0.05, 0) is 38.0 Å². The molecule has 2 aliphatic rings. The third kappa shape index (κ3) is 3.13. The van der Waals surface area contributed by atoms with E-state index in [0.29, 0.717) is 23.8 Å². The lowest BCUT2D eigenvalue weighted by atomic mass is 9.63. The molecule has 1 aromatic heterocycles. The maximum absolute atomic E-state index is 12.9. The molecule has 1 atom stereocenters. The molecule has 2 fully saturated rings. The Kier molecular flexibility index (Phi) is 4.79. The van der Waals surface area contributed by atoms with Gasteiger partial charge in [-0.3, -0.25) is 4.79 Å². The van der Waals surface area contributed by atoms with Gasteiger partial charge in [0.1, 0.15) is 0 Å². The molecule has 7 nitrogen and oxygen atoms in total. The quantitative estimate of drug-likeness (QED) is 0.795. The van der Waals surface area contributed by atoms with Gasteiger partial charge >= 0.3 is 12.0 Å². The highest BCUT2D eigenvalue weighted by Gasteiger charge is 2.55. The molecule has 0 radical (unpaired) electrons. The van der Waals surface area contributed by atoms with Crippen LogP contribution in [-0.4, -0.2) is 46.9 Å². The van der Waals surface area contributed by atoms with E-state index in [2.05, 4.69) is 10.4 Å².